The average Bonchev–Trinajstić information content (AvgIpc) is 2.53. The summed E-state index contributed by atoms with van der Waals surface area (Å²) >= 11 is 0. The van der Waals surface area contributed by atoms with Crippen LogP contribution in [0.15, 0.2) is 29.2 Å². The van der Waals surface area contributed by atoms with Crippen molar-refractivity contribution in [2.75, 3.05) is 19.6 Å². The van der Waals surface area contributed by atoms with Gasteiger partial charge < -0.3 is 4.90 Å². The van der Waals surface area contributed by atoms with Crippen molar-refractivity contribution in [3.63, 3.8) is 0 Å². The van der Waals surface area contributed by atoms with Crippen LogP contribution in [0.25, 0.3) is 0 Å². The van der Waals surface area contributed by atoms with E-state index in [4.69, 9.17) is 0 Å². The number of carbonyl (C=O) groups is 1. The predicted molar refractivity (Wildman–Crippen MR) is 95.4 cm³/mol. The van der Waals surface area contributed by atoms with Crippen molar-refractivity contribution < 1.29 is 13.2 Å². The zero-order valence-corrected chi connectivity index (χ0v) is 15.6. The minimum atomic E-state index is -3.56. The first-order valence-electron chi connectivity index (χ1n) is 8.72. The number of rotatable bonds is 6. The first-order chi connectivity index (χ1) is 11.3. The second kappa shape index (κ2) is 8.12. The van der Waals surface area contributed by atoms with E-state index >= 15 is 0 Å². The van der Waals surface area contributed by atoms with Crippen LogP contribution >= 0.6 is 0 Å². The third kappa shape index (κ3) is 4.80. The molecule has 1 heterocycles. The quantitative estimate of drug-likeness (QED) is 0.801. The number of hydrogen-bond donors (Lipinski definition) is 1. The maximum absolute atomic E-state index is 12.7. The molecule has 1 aliphatic heterocycles. The van der Waals surface area contributed by atoms with Gasteiger partial charge in [0, 0.05) is 25.2 Å². The van der Waals surface area contributed by atoms with Crippen molar-refractivity contribution in [1.82, 2.24) is 9.62 Å². The van der Waals surface area contributed by atoms with Gasteiger partial charge in [0.2, 0.25) is 10.0 Å². The second-order valence-electron chi connectivity index (χ2n) is 6.94. The number of amides is 1. The Balaban J connectivity index is 2.16. The summed E-state index contributed by atoms with van der Waals surface area (Å²) in [4.78, 5) is 14.7. The summed E-state index contributed by atoms with van der Waals surface area (Å²) in [6.07, 6.45) is 2.84. The largest absolute Gasteiger partial charge is 0.338 e. The lowest BCUT2D eigenvalue weighted by Crippen LogP contribution is -2.42. The molecule has 1 N–H and O–H groups in total. The van der Waals surface area contributed by atoms with Gasteiger partial charge in [-0.15, -0.1) is 0 Å². The van der Waals surface area contributed by atoms with Crippen LogP contribution in [0.5, 0.6) is 0 Å². The van der Waals surface area contributed by atoms with Crippen LogP contribution in [-0.2, 0) is 10.0 Å². The molecule has 1 aliphatic rings. The third-order valence-corrected chi connectivity index (χ3v) is 5.83. The van der Waals surface area contributed by atoms with Gasteiger partial charge in [-0.3, -0.25) is 4.79 Å². The molecule has 1 amide bonds. The van der Waals surface area contributed by atoms with Gasteiger partial charge in [0.05, 0.1) is 4.90 Å². The van der Waals surface area contributed by atoms with Gasteiger partial charge in [-0.1, -0.05) is 33.3 Å². The topological polar surface area (TPSA) is 66.5 Å². The molecular weight excluding hydrogens is 324 g/mol. The number of benzene rings is 1. The molecule has 6 heteroatoms. The van der Waals surface area contributed by atoms with Crippen molar-refractivity contribution in [1.29, 1.82) is 0 Å². The van der Waals surface area contributed by atoms with E-state index in [1.165, 1.54) is 12.1 Å². The number of likely N-dealkylation sites (tertiary alicyclic amines) is 1. The smallest absolute Gasteiger partial charge is 0.253 e. The lowest BCUT2D eigenvalue weighted by molar-refractivity contribution is 0.0623. The minimum absolute atomic E-state index is 0.0843. The molecule has 24 heavy (non-hydrogen) atoms. The van der Waals surface area contributed by atoms with Gasteiger partial charge in [0.1, 0.15) is 0 Å². The van der Waals surface area contributed by atoms with Gasteiger partial charge >= 0.3 is 0 Å². The van der Waals surface area contributed by atoms with E-state index < -0.39 is 10.0 Å². The van der Waals surface area contributed by atoms with Gasteiger partial charge in [0.25, 0.3) is 5.91 Å². The highest BCUT2D eigenvalue weighted by molar-refractivity contribution is 7.89. The summed E-state index contributed by atoms with van der Waals surface area (Å²) in [5.41, 5.74) is 0.440. The monoisotopic (exact) mass is 352 g/mol. The fourth-order valence-corrected chi connectivity index (χ4v) is 4.39. The van der Waals surface area contributed by atoms with Crippen LogP contribution in [0.4, 0.5) is 0 Å². The van der Waals surface area contributed by atoms with Crippen LogP contribution in [0.1, 0.15) is 50.4 Å². The Morgan fingerprint density at radius 3 is 2.54 bits per heavy atom. The molecule has 1 aromatic rings. The number of nitrogens with zero attached hydrogens (tertiary/aromatic N) is 1. The SMILES string of the molecule is CCCCNS(=O)(=O)c1cccc(C(=O)N2CC(C)CC(C)C2)c1. The van der Waals surface area contributed by atoms with E-state index in [2.05, 4.69) is 18.6 Å². The normalized spacial score (nSPS) is 21.7. The standard InChI is InChI=1S/C18H28N2O3S/c1-4-5-9-19-24(22,23)17-8-6-7-16(11-17)18(21)20-12-14(2)10-15(3)13-20/h6-8,11,14-15,19H,4-5,9-10,12-13H2,1-3H3. The second-order valence-corrected chi connectivity index (χ2v) is 8.70. The summed E-state index contributed by atoms with van der Waals surface area (Å²) < 4.78 is 27.2. The Morgan fingerprint density at radius 2 is 1.92 bits per heavy atom. The molecule has 1 fully saturated rings. The Kier molecular flexibility index (Phi) is 6.40. The summed E-state index contributed by atoms with van der Waals surface area (Å²) in [5, 5.41) is 0. The molecule has 1 saturated heterocycles. The first kappa shape index (κ1) is 18.9. The van der Waals surface area contributed by atoms with Crippen molar-refractivity contribution >= 4 is 15.9 Å². The molecule has 2 unspecified atom stereocenters. The van der Waals surface area contributed by atoms with Crippen molar-refractivity contribution in [2.24, 2.45) is 11.8 Å². The van der Waals surface area contributed by atoms with Crippen LogP contribution < -0.4 is 4.72 Å². The van der Waals surface area contributed by atoms with Crippen LogP contribution in [0.2, 0.25) is 0 Å². The number of unbranched alkanes of at least 4 members (excludes halogenated alkanes) is 1. The molecular formula is C18H28N2O3S. The minimum Gasteiger partial charge on any atom is -0.338 e. The zero-order valence-electron chi connectivity index (χ0n) is 14.8. The molecule has 0 spiro atoms. The lowest BCUT2D eigenvalue weighted by Gasteiger charge is -2.35. The first-order valence-corrected chi connectivity index (χ1v) is 10.2. The third-order valence-electron chi connectivity index (χ3n) is 4.37. The summed E-state index contributed by atoms with van der Waals surface area (Å²) in [5.74, 6) is 0.861. The van der Waals surface area contributed by atoms with E-state index in [9.17, 15) is 13.2 Å². The Bertz CT molecular complexity index is 663. The molecule has 0 bridgehead atoms. The number of sulfonamides is 1. The Hall–Kier alpha value is -1.40. The van der Waals surface area contributed by atoms with Crippen molar-refractivity contribution in [3.8, 4) is 0 Å². The highest BCUT2D eigenvalue weighted by Gasteiger charge is 2.26. The number of nitrogens with one attached hydrogen (secondary N) is 1. The van der Waals surface area contributed by atoms with Crippen molar-refractivity contribution in [2.45, 2.75) is 44.9 Å². The maximum Gasteiger partial charge on any atom is 0.253 e. The molecule has 134 valence electrons. The number of hydrogen-bond acceptors (Lipinski definition) is 3. The average molecular weight is 353 g/mol. The Morgan fingerprint density at radius 1 is 1.25 bits per heavy atom. The molecule has 0 aromatic heterocycles. The summed E-state index contributed by atoms with van der Waals surface area (Å²) in [6.45, 7) is 8.18. The molecule has 0 radical (unpaired) electrons. The summed E-state index contributed by atoms with van der Waals surface area (Å²) in [6, 6.07) is 6.35. The molecule has 2 atom stereocenters. The molecule has 5 nitrogen and oxygen atoms in total. The van der Waals surface area contributed by atoms with E-state index in [1.54, 1.807) is 12.1 Å². The highest BCUT2D eigenvalue weighted by Crippen LogP contribution is 2.23. The lowest BCUT2D eigenvalue weighted by atomic mass is 9.91. The van der Waals surface area contributed by atoms with Crippen LogP contribution in [0, 0.1) is 11.8 Å². The van der Waals surface area contributed by atoms with Gasteiger partial charge in [-0.05, 0) is 42.9 Å². The molecule has 1 aromatic carbocycles. The predicted octanol–water partition coefficient (Wildman–Crippen LogP) is 2.88. The van der Waals surface area contributed by atoms with Crippen molar-refractivity contribution in [3.05, 3.63) is 29.8 Å². The Labute approximate surface area is 145 Å². The summed E-state index contributed by atoms with van der Waals surface area (Å²) in [7, 11) is -3.56. The van der Waals surface area contributed by atoms with Crippen LogP contribution in [-0.4, -0.2) is 38.9 Å². The molecule has 2 rings (SSSR count). The fraction of sp³-hybridized carbons (Fsp3) is 0.611. The van der Waals surface area contributed by atoms with Gasteiger partial charge in [-0.2, -0.15) is 0 Å². The van der Waals surface area contributed by atoms with Crippen LogP contribution in [0.3, 0.4) is 0 Å². The van der Waals surface area contributed by atoms with E-state index in [0.717, 1.165) is 32.4 Å². The number of piperidine rings is 1. The highest BCUT2D eigenvalue weighted by atomic mass is 32.2. The van der Waals surface area contributed by atoms with E-state index in [0.29, 0.717) is 23.9 Å². The van der Waals surface area contributed by atoms with Gasteiger partial charge in [0.15, 0.2) is 0 Å². The molecule has 0 aliphatic carbocycles. The van der Waals surface area contributed by atoms with Gasteiger partial charge in [-0.25, -0.2) is 13.1 Å². The number of carbonyl (C=O) groups excluding carboxylic acids is 1. The maximum atomic E-state index is 12.7. The molecule has 0 saturated carbocycles. The van der Waals surface area contributed by atoms with E-state index in [1.807, 2.05) is 11.8 Å². The zero-order chi connectivity index (χ0) is 17.7. The fourth-order valence-electron chi connectivity index (χ4n) is 3.27. The van der Waals surface area contributed by atoms with E-state index in [-0.39, 0.29) is 10.8 Å².